The maximum atomic E-state index is 8.92. The fraction of sp³-hybridized carbons (Fsp3) is 0.562. The molecule has 3 nitrogen and oxygen atoms in total. The Morgan fingerprint density at radius 1 is 1.42 bits per heavy atom. The van der Waals surface area contributed by atoms with E-state index in [4.69, 9.17) is 5.26 Å². The van der Waals surface area contributed by atoms with E-state index in [1.54, 1.807) is 0 Å². The van der Waals surface area contributed by atoms with Gasteiger partial charge in [0.05, 0.1) is 12.5 Å². The van der Waals surface area contributed by atoms with Crippen LogP contribution in [0.25, 0.3) is 0 Å². The summed E-state index contributed by atoms with van der Waals surface area (Å²) in [6, 6.07) is 9.56. The highest BCUT2D eigenvalue weighted by atomic mass is 15.2. The van der Waals surface area contributed by atoms with Crippen LogP contribution >= 0.6 is 0 Å². The normalized spacial score (nSPS) is 23.8. The van der Waals surface area contributed by atoms with Crippen molar-refractivity contribution in [3.63, 3.8) is 0 Å². The van der Waals surface area contributed by atoms with Gasteiger partial charge in [-0.1, -0.05) is 12.1 Å². The molecule has 0 spiro atoms. The third kappa shape index (κ3) is 3.08. The molecule has 2 atom stereocenters. The van der Waals surface area contributed by atoms with E-state index in [1.165, 1.54) is 16.8 Å². The lowest BCUT2D eigenvalue weighted by molar-refractivity contribution is 0.552. The first-order valence-electron chi connectivity index (χ1n) is 7.06. The van der Waals surface area contributed by atoms with Crippen LogP contribution in [0.3, 0.4) is 0 Å². The molecule has 1 aromatic rings. The second-order valence-electron chi connectivity index (χ2n) is 5.52. The Morgan fingerprint density at radius 2 is 2.21 bits per heavy atom. The Morgan fingerprint density at radius 3 is 2.95 bits per heavy atom. The van der Waals surface area contributed by atoms with Crippen molar-refractivity contribution >= 4 is 5.69 Å². The molecule has 19 heavy (non-hydrogen) atoms. The van der Waals surface area contributed by atoms with Gasteiger partial charge in [-0.15, -0.1) is 0 Å². The zero-order valence-electron chi connectivity index (χ0n) is 12.1. The number of aryl methyl sites for hydroxylation is 1. The minimum atomic E-state index is 0.273. The number of nitrogens with zero attached hydrogens (tertiary/aromatic N) is 2. The van der Waals surface area contributed by atoms with Crippen molar-refractivity contribution in [1.29, 1.82) is 5.26 Å². The van der Waals surface area contributed by atoms with Gasteiger partial charge in [0.2, 0.25) is 0 Å². The lowest BCUT2D eigenvalue weighted by atomic mass is 10.0. The molecule has 1 aromatic carbocycles. The molecule has 3 heteroatoms. The quantitative estimate of drug-likeness (QED) is 0.885. The minimum Gasteiger partial charge on any atom is -0.367 e. The summed E-state index contributed by atoms with van der Waals surface area (Å²) >= 11 is 0. The lowest BCUT2D eigenvalue weighted by Gasteiger charge is -2.32. The molecular weight excluding hydrogens is 234 g/mol. The van der Waals surface area contributed by atoms with E-state index < -0.39 is 0 Å². The molecule has 0 amide bonds. The van der Waals surface area contributed by atoms with Crippen LogP contribution in [0.2, 0.25) is 0 Å². The number of anilines is 1. The van der Waals surface area contributed by atoms with Crippen molar-refractivity contribution in [2.24, 2.45) is 0 Å². The smallest absolute Gasteiger partial charge is 0.0638 e. The Kier molecular flexibility index (Phi) is 4.44. The lowest BCUT2D eigenvalue weighted by Crippen LogP contribution is -2.40. The van der Waals surface area contributed by atoms with E-state index in [-0.39, 0.29) is 6.04 Å². The summed E-state index contributed by atoms with van der Waals surface area (Å²) in [4.78, 5) is 2.46. The third-order valence-electron chi connectivity index (χ3n) is 4.17. The first-order chi connectivity index (χ1) is 9.13. The number of rotatable bonds is 2. The number of hydrogen-bond donors (Lipinski definition) is 1. The second-order valence-corrected chi connectivity index (χ2v) is 5.52. The van der Waals surface area contributed by atoms with Gasteiger partial charge < -0.3 is 10.2 Å². The third-order valence-corrected chi connectivity index (χ3v) is 4.17. The first kappa shape index (κ1) is 13.9. The zero-order valence-corrected chi connectivity index (χ0v) is 12.1. The van der Waals surface area contributed by atoms with Crippen molar-refractivity contribution in [2.75, 3.05) is 18.0 Å². The van der Waals surface area contributed by atoms with Crippen LogP contribution in [0.1, 0.15) is 30.9 Å². The van der Waals surface area contributed by atoms with Gasteiger partial charge in [-0.05, 0) is 50.9 Å². The highest BCUT2D eigenvalue weighted by Crippen LogP contribution is 2.26. The summed E-state index contributed by atoms with van der Waals surface area (Å²) in [6.07, 6.45) is 1.70. The fourth-order valence-corrected chi connectivity index (χ4v) is 2.76. The minimum absolute atomic E-state index is 0.273. The number of benzene rings is 1. The van der Waals surface area contributed by atoms with Crippen molar-refractivity contribution in [3.05, 3.63) is 29.3 Å². The molecule has 1 fully saturated rings. The molecule has 0 saturated carbocycles. The van der Waals surface area contributed by atoms with Gasteiger partial charge in [-0.2, -0.15) is 5.26 Å². The van der Waals surface area contributed by atoms with Gasteiger partial charge in [0.25, 0.3) is 0 Å². The average Bonchev–Trinajstić information content (AvgIpc) is 2.56. The largest absolute Gasteiger partial charge is 0.367 e. The van der Waals surface area contributed by atoms with Gasteiger partial charge in [0.1, 0.15) is 0 Å². The molecule has 0 bridgehead atoms. The molecule has 1 aliphatic rings. The van der Waals surface area contributed by atoms with Gasteiger partial charge in [0.15, 0.2) is 0 Å². The standard InChI is InChI=1S/C16H23N3/c1-12-5-4-6-16(14(12)3)19-11-15(7-9-17)18-10-8-13(19)2/h4-6,13,15,18H,7-8,10-11H2,1-3H3. The van der Waals surface area contributed by atoms with Crippen molar-refractivity contribution in [3.8, 4) is 6.07 Å². The van der Waals surface area contributed by atoms with Crippen LogP contribution < -0.4 is 10.2 Å². The molecule has 2 rings (SSSR count). The molecule has 2 unspecified atom stereocenters. The van der Waals surface area contributed by atoms with Crippen LogP contribution in [0.4, 0.5) is 5.69 Å². The van der Waals surface area contributed by atoms with Crippen molar-refractivity contribution < 1.29 is 0 Å². The predicted octanol–water partition coefficient (Wildman–Crippen LogP) is 2.77. The predicted molar refractivity (Wildman–Crippen MR) is 79.4 cm³/mol. The zero-order chi connectivity index (χ0) is 13.8. The molecule has 1 aliphatic heterocycles. The maximum absolute atomic E-state index is 8.92. The van der Waals surface area contributed by atoms with E-state index >= 15 is 0 Å². The number of nitrogens with one attached hydrogen (secondary N) is 1. The van der Waals surface area contributed by atoms with Gasteiger partial charge in [-0.25, -0.2) is 0 Å². The van der Waals surface area contributed by atoms with Crippen LogP contribution in [0, 0.1) is 25.2 Å². The molecule has 0 aromatic heterocycles. The Balaban J connectivity index is 2.29. The van der Waals surface area contributed by atoms with E-state index in [1.807, 2.05) is 0 Å². The van der Waals surface area contributed by atoms with E-state index in [0.29, 0.717) is 12.5 Å². The van der Waals surface area contributed by atoms with Crippen LogP contribution in [-0.2, 0) is 0 Å². The summed E-state index contributed by atoms with van der Waals surface area (Å²) in [5, 5.41) is 12.4. The van der Waals surface area contributed by atoms with E-state index in [9.17, 15) is 0 Å². The van der Waals surface area contributed by atoms with Crippen molar-refractivity contribution in [2.45, 2.75) is 45.7 Å². The van der Waals surface area contributed by atoms with Gasteiger partial charge in [-0.3, -0.25) is 0 Å². The molecule has 102 valence electrons. The van der Waals surface area contributed by atoms with Crippen molar-refractivity contribution in [1.82, 2.24) is 5.32 Å². The van der Waals surface area contributed by atoms with Gasteiger partial charge >= 0.3 is 0 Å². The summed E-state index contributed by atoms with van der Waals surface area (Å²) in [5.74, 6) is 0. The SMILES string of the molecule is Cc1cccc(N2CC(CC#N)NCCC2C)c1C. The highest BCUT2D eigenvalue weighted by Gasteiger charge is 2.24. The summed E-state index contributed by atoms with van der Waals surface area (Å²) < 4.78 is 0. The monoisotopic (exact) mass is 257 g/mol. The molecular formula is C16H23N3. The topological polar surface area (TPSA) is 39.1 Å². The second kappa shape index (κ2) is 6.08. The molecule has 0 radical (unpaired) electrons. The van der Waals surface area contributed by atoms with Crippen LogP contribution in [0.15, 0.2) is 18.2 Å². The fourth-order valence-electron chi connectivity index (χ4n) is 2.76. The molecule has 1 heterocycles. The maximum Gasteiger partial charge on any atom is 0.0638 e. The summed E-state index contributed by atoms with van der Waals surface area (Å²) in [7, 11) is 0. The first-order valence-corrected chi connectivity index (χ1v) is 7.06. The van der Waals surface area contributed by atoms with Crippen LogP contribution in [-0.4, -0.2) is 25.2 Å². The molecule has 0 aliphatic carbocycles. The highest BCUT2D eigenvalue weighted by molar-refractivity contribution is 5.57. The van der Waals surface area contributed by atoms with E-state index in [2.05, 4.69) is 55.3 Å². The number of hydrogen-bond acceptors (Lipinski definition) is 3. The summed E-state index contributed by atoms with van der Waals surface area (Å²) in [5.41, 5.74) is 4.00. The van der Waals surface area contributed by atoms with Gasteiger partial charge in [0, 0.05) is 24.3 Å². The molecule has 1 saturated heterocycles. The Bertz CT molecular complexity index is 475. The number of nitriles is 1. The van der Waals surface area contributed by atoms with E-state index in [0.717, 1.165) is 19.5 Å². The average molecular weight is 257 g/mol. The summed E-state index contributed by atoms with van der Waals surface area (Å²) in [6.45, 7) is 8.54. The Labute approximate surface area is 116 Å². The Hall–Kier alpha value is -1.53. The van der Waals surface area contributed by atoms with Crippen LogP contribution in [0.5, 0.6) is 0 Å². The molecule has 1 N–H and O–H groups in total.